The third kappa shape index (κ3) is 9.53. The Balaban J connectivity index is 1.01. The molecule has 2 aliphatic rings. The first kappa shape index (κ1) is 37.8. The molecule has 10 nitrogen and oxygen atoms in total. The fraction of sp³-hybridized carbons (Fsp3) is 0.381. The quantitative estimate of drug-likeness (QED) is 0.0897. The Morgan fingerprint density at radius 2 is 1.68 bits per heavy atom. The molecule has 1 saturated heterocycles. The summed E-state index contributed by atoms with van der Waals surface area (Å²) in [6, 6.07) is 25.8. The van der Waals surface area contributed by atoms with E-state index in [1.807, 2.05) is 12.1 Å². The lowest BCUT2D eigenvalue weighted by molar-refractivity contribution is -0.133. The maximum absolute atomic E-state index is 13.6. The molecule has 0 aliphatic carbocycles. The van der Waals surface area contributed by atoms with E-state index in [0.717, 1.165) is 48.2 Å². The van der Waals surface area contributed by atoms with Crippen molar-refractivity contribution in [1.29, 1.82) is 0 Å². The molecule has 1 fully saturated rings. The number of likely N-dealkylation sites (tertiary alicyclic amines) is 1. The first-order chi connectivity index (χ1) is 25.7. The normalized spacial score (nSPS) is 15.3. The van der Waals surface area contributed by atoms with Crippen LogP contribution in [0.2, 0.25) is 0 Å². The van der Waals surface area contributed by atoms with Gasteiger partial charge in [0.25, 0.3) is 5.91 Å². The standard InChI is InChI=1S/C42H49FN4O6/c1-46-22-18-42(19-23-46,33-5-3-2-4-6-33)35-27-30(9-13-36(35)48)16-25-52-26-17-39(51)47(28-31-7-11-34(43)12-8-31)24-21-44-20-15-32-10-14-37(49)40-41(32)53-29-38(50)45-40/h2-14,27,44,48-49H,15-26,28-29H2,1H3,(H,45,50). The molecule has 6 rings (SSSR count). The van der Waals surface area contributed by atoms with Crippen molar-refractivity contribution in [3.63, 3.8) is 0 Å². The molecule has 0 bridgehead atoms. The topological polar surface area (TPSA) is 124 Å². The molecular formula is C42H49FN4O6. The molecule has 0 radical (unpaired) electrons. The molecular weight excluding hydrogens is 675 g/mol. The van der Waals surface area contributed by atoms with E-state index in [2.05, 4.69) is 52.9 Å². The van der Waals surface area contributed by atoms with E-state index in [4.69, 9.17) is 9.47 Å². The van der Waals surface area contributed by atoms with Crippen LogP contribution in [0.15, 0.2) is 84.9 Å². The molecule has 280 valence electrons. The number of carbonyl (C=O) groups is 2. The monoisotopic (exact) mass is 724 g/mol. The summed E-state index contributed by atoms with van der Waals surface area (Å²) in [5.41, 5.74) is 4.96. The maximum Gasteiger partial charge on any atom is 0.262 e. The lowest BCUT2D eigenvalue weighted by Crippen LogP contribution is -2.41. The van der Waals surface area contributed by atoms with E-state index in [1.165, 1.54) is 23.8 Å². The second-order valence-corrected chi connectivity index (χ2v) is 13.9. The van der Waals surface area contributed by atoms with Crippen molar-refractivity contribution in [3.8, 4) is 17.2 Å². The third-order valence-corrected chi connectivity index (χ3v) is 10.3. The van der Waals surface area contributed by atoms with Crippen molar-refractivity contribution in [2.45, 2.75) is 44.1 Å². The van der Waals surface area contributed by atoms with Crippen LogP contribution in [0.3, 0.4) is 0 Å². The van der Waals surface area contributed by atoms with E-state index < -0.39 is 0 Å². The van der Waals surface area contributed by atoms with Gasteiger partial charge in [-0.1, -0.05) is 60.7 Å². The van der Waals surface area contributed by atoms with E-state index in [9.17, 15) is 24.2 Å². The molecule has 4 N–H and O–H groups in total. The molecule has 2 amide bonds. The number of amides is 2. The summed E-state index contributed by atoms with van der Waals surface area (Å²) in [5, 5.41) is 27.3. The van der Waals surface area contributed by atoms with Crippen LogP contribution in [-0.4, -0.2) is 91.4 Å². The maximum atomic E-state index is 13.6. The van der Waals surface area contributed by atoms with E-state index >= 15 is 0 Å². The average molecular weight is 725 g/mol. The number of rotatable bonds is 16. The smallest absolute Gasteiger partial charge is 0.262 e. The number of hydrogen-bond acceptors (Lipinski definition) is 8. The van der Waals surface area contributed by atoms with E-state index in [-0.39, 0.29) is 54.1 Å². The summed E-state index contributed by atoms with van der Waals surface area (Å²) in [7, 11) is 2.14. The highest BCUT2D eigenvalue weighted by atomic mass is 19.1. The van der Waals surface area contributed by atoms with Gasteiger partial charge in [0.2, 0.25) is 5.91 Å². The molecule has 4 aromatic rings. The van der Waals surface area contributed by atoms with Crippen molar-refractivity contribution in [2.75, 3.05) is 64.9 Å². The lowest BCUT2D eigenvalue weighted by Gasteiger charge is -2.42. The highest BCUT2D eigenvalue weighted by Gasteiger charge is 2.39. The molecule has 0 atom stereocenters. The average Bonchev–Trinajstić information content (AvgIpc) is 3.17. The summed E-state index contributed by atoms with van der Waals surface area (Å²) in [6.45, 7) is 4.37. The number of phenols is 2. The highest BCUT2D eigenvalue weighted by molar-refractivity contribution is 5.97. The van der Waals surface area contributed by atoms with Crippen LogP contribution in [0.5, 0.6) is 17.2 Å². The number of phenolic OH excluding ortho intramolecular Hbond substituents is 2. The Kier molecular flexibility index (Phi) is 12.6. The minimum Gasteiger partial charge on any atom is -0.508 e. The van der Waals surface area contributed by atoms with Crippen molar-refractivity contribution in [1.82, 2.24) is 15.1 Å². The minimum absolute atomic E-state index is 0.0436. The van der Waals surface area contributed by atoms with Crippen molar-refractivity contribution in [3.05, 3.63) is 119 Å². The van der Waals surface area contributed by atoms with Gasteiger partial charge in [0.1, 0.15) is 23.0 Å². The summed E-state index contributed by atoms with van der Waals surface area (Å²) >= 11 is 0. The molecule has 2 aliphatic heterocycles. The first-order valence-electron chi connectivity index (χ1n) is 18.4. The van der Waals surface area contributed by atoms with Crippen LogP contribution in [0.4, 0.5) is 10.1 Å². The number of carbonyl (C=O) groups excluding carboxylic acids is 2. The van der Waals surface area contributed by atoms with Gasteiger partial charge in [-0.25, -0.2) is 4.39 Å². The van der Waals surface area contributed by atoms with Gasteiger partial charge >= 0.3 is 0 Å². The van der Waals surface area contributed by atoms with E-state index in [0.29, 0.717) is 57.1 Å². The Morgan fingerprint density at radius 3 is 2.45 bits per heavy atom. The number of ether oxygens (including phenoxy) is 2. The third-order valence-electron chi connectivity index (χ3n) is 10.3. The van der Waals surface area contributed by atoms with Crippen LogP contribution in [0.1, 0.15) is 47.1 Å². The number of fused-ring (bicyclic) bond motifs is 1. The summed E-state index contributed by atoms with van der Waals surface area (Å²) < 4.78 is 25.2. The summed E-state index contributed by atoms with van der Waals surface area (Å²) in [4.78, 5) is 29.2. The van der Waals surface area contributed by atoms with Gasteiger partial charge in [0.15, 0.2) is 12.4 Å². The molecule has 4 aromatic carbocycles. The second kappa shape index (κ2) is 17.7. The molecule has 53 heavy (non-hydrogen) atoms. The Morgan fingerprint density at radius 1 is 0.943 bits per heavy atom. The number of halogens is 1. The van der Waals surface area contributed by atoms with Crippen molar-refractivity contribution < 1.29 is 33.7 Å². The SMILES string of the molecule is CN1CCC(c2ccccc2)(c2cc(CCOCCC(=O)N(CCNCCc3ccc(O)c4c3OCC(=O)N4)Cc3ccc(F)cc3)ccc2O)CC1. The largest absolute Gasteiger partial charge is 0.508 e. The number of anilines is 1. The molecule has 0 aromatic heterocycles. The lowest BCUT2D eigenvalue weighted by atomic mass is 9.67. The van der Waals surface area contributed by atoms with Gasteiger partial charge in [-0.15, -0.1) is 0 Å². The Hall–Kier alpha value is -4.97. The zero-order valence-corrected chi connectivity index (χ0v) is 30.3. The van der Waals surface area contributed by atoms with Gasteiger partial charge < -0.3 is 40.1 Å². The van der Waals surface area contributed by atoms with Gasteiger partial charge in [0.05, 0.1) is 19.6 Å². The summed E-state index contributed by atoms with van der Waals surface area (Å²) in [5.74, 6) is 0.0332. The zero-order chi connectivity index (χ0) is 37.2. The van der Waals surface area contributed by atoms with Crippen LogP contribution >= 0.6 is 0 Å². The Bertz CT molecular complexity index is 1850. The second-order valence-electron chi connectivity index (χ2n) is 13.9. The van der Waals surface area contributed by atoms with Crippen molar-refractivity contribution >= 4 is 17.5 Å². The molecule has 11 heteroatoms. The highest BCUT2D eigenvalue weighted by Crippen LogP contribution is 2.45. The molecule has 2 heterocycles. The van der Waals surface area contributed by atoms with Gasteiger partial charge in [-0.2, -0.15) is 0 Å². The number of piperidine rings is 1. The summed E-state index contributed by atoms with van der Waals surface area (Å²) in [6.07, 6.45) is 3.28. The predicted octanol–water partition coefficient (Wildman–Crippen LogP) is 5.39. The minimum atomic E-state index is -0.330. The predicted molar refractivity (Wildman–Crippen MR) is 202 cm³/mol. The van der Waals surface area contributed by atoms with E-state index in [1.54, 1.807) is 29.2 Å². The number of nitrogens with zero attached hydrogens (tertiary/aromatic N) is 2. The van der Waals surface area contributed by atoms with Crippen LogP contribution < -0.4 is 15.4 Å². The molecule has 0 saturated carbocycles. The number of nitrogens with one attached hydrogen (secondary N) is 2. The zero-order valence-electron chi connectivity index (χ0n) is 30.3. The van der Waals surface area contributed by atoms with Crippen molar-refractivity contribution in [2.24, 2.45) is 0 Å². The fourth-order valence-electron chi connectivity index (χ4n) is 7.28. The number of benzene rings is 4. The molecule has 0 unspecified atom stereocenters. The van der Waals surface area contributed by atoms with Crippen LogP contribution in [0, 0.1) is 5.82 Å². The fourth-order valence-corrected chi connectivity index (χ4v) is 7.28. The first-order valence-corrected chi connectivity index (χ1v) is 18.4. The Labute approximate surface area is 310 Å². The van der Waals surface area contributed by atoms with Crippen LogP contribution in [-0.2, 0) is 39.1 Å². The van der Waals surface area contributed by atoms with Gasteiger partial charge in [-0.3, -0.25) is 9.59 Å². The molecule has 0 spiro atoms. The van der Waals surface area contributed by atoms with Gasteiger partial charge in [0, 0.05) is 30.6 Å². The van der Waals surface area contributed by atoms with Crippen LogP contribution in [0.25, 0.3) is 0 Å². The van der Waals surface area contributed by atoms with Gasteiger partial charge in [-0.05, 0) is 98.9 Å². The number of hydrogen-bond donors (Lipinski definition) is 4. The number of aromatic hydroxyl groups is 2.